The van der Waals surface area contributed by atoms with E-state index in [-0.39, 0.29) is 12.5 Å². The summed E-state index contributed by atoms with van der Waals surface area (Å²) in [4.78, 5) is 12.6. The maximum Gasteiger partial charge on any atom is 0.241 e. The Balaban J connectivity index is 2.15. The minimum Gasteiger partial charge on any atom is -0.349 e. The number of carbonyl (C=O) groups is 1. The quantitative estimate of drug-likeness (QED) is 0.792. The number of amides is 1. The molecule has 2 aromatic rings. The highest BCUT2D eigenvalue weighted by atomic mass is 32.2. The van der Waals surface area contributed by atoms with E-state index in [4.69, 9.17) is 0 Å². The molecule has 2 rings (SSSR count). The maximum absolute atomic E-state index is 12.6. The van der Waals surface area contributed by atoms with E-state index in [0.29, 0.717) is 12.1 Å². The molecule has 0 heterocycles. The van der Waals surface area contributed by atoms with Crippen molar-refractivity contribution in [2.75, 3.05) is 17.1 Å². The molecule has 0 saturated heterocycles. The molecule has 0 fully saturated rings. The first-order valence-corrected chi connectivity index (χ1v) is 10.7. The van der Waals surface area contributed by atoms with Crippen molar-refractivity contribution in [2.24, 2.45) is 0 Å². The number of rotatable bonds is 7. The van der Waals surface area contributed by atoms with Crippen LogP contribution in [0.2, 0.25) is 0 Å². The van der Waals surface area contributed by atoms with Crippen LogP contribution >= 0.6 is 0 Å². The molecule has 1 amide bonds. The minimum absolute atomic E-state index is 0.250. The lowest BCUT2D eigenvalue weighted by Crippen LogP contribution is -2.50. The molecule has 6 heteroatoms. The average Bonchev–Trinajstić information content (AvgIpc) is 2.54. The summed E-state index contributed by atoms with van der Waals surface area (Å²) in [5, 5.41) is 2.96. The van der Waals surface area contributed by atoms with Gasteiger partial charge in [-0.2, -0.15) is 0 Å². The van der Waals surface area contributed by atoms with Crippen molar-refractivity contribution in [2.45, 2.75) is 39.7 Å². The topological polar surface area (TPSA) is 66.5 Å². The van der Waals surface area contributed by atoms with Crippen molar-refractivity contribution < 1.29 is 13.2 Å². The Kier molecular flexibility index (Phi) is 6.31. The summed E-state index contributed by atoms with van der Waals surface area (Å²) >= 11 is 0. The normalized spacial score (nSPS) is 11.9. The number of aryl methyl sites for hydroxylation is 2. The van der Waals surface area contributed by atoms with Gasteiger partial charge in [0.05, 0.1) is 11.9 Å². The van der Waals surface area contributed by atoms with Crippen molar-refractivity contribution in [1.29, 1.82) is 0 Å². The van der Waals surface area contributed by atoms with Gasteiger partial charge in [-0.3, -0.25) is 9.10 Å². The van der Waals surface area contributed by atoms with Crippen LogP contribution in [0.15, 0.2) is 48.5 Å². The van der Waals surface area contributed by atoms with E-state index in [1.807, 2.05) is 64.1 Å². The Morgan fingerprint density at radius 3 is 2.22 bits per heavy atom. The highest BCUT2D eigenvalue weighted by Crippen LogP contribution is 2.21. The van der Waals surface area contributed by atoms with Crippen LogP contribution < -0.4 is 9.62 Å². The molecule has 0 bridgehead atoms. The van der Waals surface area contributed by atoms with Crippen LogP contribution in [0.4, 0.5) is 5.69 Å². The fourth-order valence-corrected chi connectivity index (χ4v) is 3.83. The Bertz CT molecular complexity index is 906. The Morgan fingerprint density at radius 2 is 1.67 bits per heavy atom. The van der Waals surface area contributed by atoms with Gasteiger partial charge in [0.2, 0.25) is 15.9 Å². The summed E-state index contributed by atoms with van der Waals surface area (Å²) < 4.78 is 25.7. The van der Waals surface area contributed by atoms with E-state index >= 15 is 0 Å². The molecule has 146 valence electrons. The van der Waals surface area contributed by atoms with Gasteiger partial charge in [0.15, 0.2) is 0 Å². The number of sulfonamides is 1. The lowest BCUT2D eigenvalue weighted by molar-refractivity contribution is -0.121. The fraction of sp³-hybridized carbons (Fsp3) is 0.381. The molecule has 0 spiro atoms. The largest absolute Gasteiger partial charge is 0.349 e. The molecular formula is C21H28N2O3S. The third-order valence-electron chi connectivity index (χ3n) is 4.43. The molecule has 0 atom stereocenters. The summed E-state index contributed by atoms with van der Waals surface area (Å²) in [7, 11) is -3.58. The lowest BCUT2D eigenvalue weighted by atomic mass is 9.95. The lowest BCUT2D eigenvalue weighted by Gasteiger charge is -2.29. The summed E-state index contributed by atoms with van der Waals surface area (Å²) in [6.07, 6.45) is 1.77. The van der Waals surface area contributed by atoms with Crippen LogP contribution in [-0.4, -0.2) is 32.7 Å². The van der Waals surface area contributed by atoms with Gasteiger partial charge in [-0.25, -0.2) is 8.42 Å². The second kappa shape index (κ2) is 8.13. The van der Waals surface area contributed by atoms with Crippen LogP contribution in [0.1, 0.15) is 30.5 Å². The number of nitrogens with one attached hydrogen (secondary N) is 1. The monoisotopic (exact) mass is 388 g/mol. The highest BCUT2D eigenvalue weighted by molar-refractivity contribution is 7.92. The second-order valence-corrected chi connectivity index (χ2v) is 9.54. The predicted molar refractivity (Wildman–Crippen MR) is 110 cm³/mol. The first kappa shape index (κ1) is 21.0. The molecule has 0 aromatic heterocycles. The van der Waals surface area contributed by atoms with Gasteiger partial charge in [-0.1, -0.05) is 36.4 Å². The smallest absolute Gasteiger partial charge is 0.241 e. The number of anilines is 1. The van der Waals surface area contributed by atoms with Gasteiger partial charge in [0.25, 0.3) is 0 Å². The van der Waals surface area contributed by atoms with Gasteiger partial charge in [0.1, 0.15) is 6.54 Å². The van der Waals surface area contributed by atoms with E-state index in [2.05, 4.69) is 5.32 Å². The molecule has 0 saturated carbocycles. The molecule has 27 heavy (non-hydrogen) atoms. The molecule has 0 aliphatic rings. The van der Waals surface area contributed by atoms with E-state index in [1.54, 1.807) is 12.1 Å². The Labute approximate surface area is 162 Å². The minimum atomic E-state index is -3.58. The summed E-state index contributed by atoms with van der Waals surface area (Å²) in [5.74, 6) is -0.334. The Hall–Kier alpha value is -2.34. The molecule has 5 nitrogen and oxygen atoms in total. The maximum atomic E-state index is 12.6. The van der Waals surface area contributed by atoms with Crippen LogP contribution in [0.25, 0.3) is 0 Å². The van der Waals surface area contributed by atoms with Gasteiger partial charge >= 0.3 is 0 Å². The van der Waals surface area contributed by atoms with Gasteiger partial charge in [-0.15, -0.1) is 0 Å². The van der Waals surface area contributed by atoms with Gasteiger partial charge in [0, 0.05) is 5.54 Å². The zero-order valence-electron chi connectivity index (χ0n) is 16.6. The number of hydrogen-bond acceptors (Lipinski definition) is 3. The van der Waals surface area contributed by atoms with Crippen LogP contribution in [-0.2, 0) is 21.2 Å². The summed E-state index contributed by atoms with van der Waals surface area (Å²) in [6.45, 7) is 7.49. The van der Waals surface area contributed by atoms with Crippen LogP contribution in [0.3, 0.4) is 0 Å². The van der Waals surface area contributed by atoms with Crippen molar-refractivity contribution in [1.82, 2.24) is 5.32 Å². The van der Waals surface area contributed by atoms with Crippen LogP contribution in [0, 0.1) is 13.8 Å². The molecule has 0 aliphatic carbocycles. The van der Waals surface area contributed by atoms with Crippen LogP contribution in [0.5, 0.6) is 0 Å². The first-order valence-electron chi connectivity index (χ1n) is 8.88. The number of hydrogen-bond donors (Lipinski definition) is 1. The summed E-state index contributed by atoms with van der Waals surface area (Å²) in [6, 6.07) is 15.3. The first-order chi connectivity index (χ1) is 12.5. The van der Waals surface area contributed by atoms with Crippen molar-refractivity contribution in [3.63, 3.8) is 0 Å². The third kappa shape index (κ3) is 6.10. The second-order valence-electron chi connectivity index (χ2n) is 7.63. The molecule has 0 unspecified atom stereocenters. The third-order valence-corrected chi connectivity index (χ3v) is 5.57. The number of carbonyl (C=O) groups excluding carboxylic acids is 1. The predicted octanol–water partition coefficient (Wildman–Crippen LogP) is 3.21. The molecule has 0 radical (unpaired) electrons. The standard InChI is InChI=1S/C21H28N2O3S/c1-16-11-12-19(13-17(16)2)23(27(5,25)26)15-20(24)22-21(3,4)14-18-9-7-6-8-10-18/h6-13H,14-15H2,1-5H3,(H,22,24). The molecule has 0 aliphatic heterocycles. The Morgan fingerprint density at radius 1 is 1.04 bits per heavy atom. The SMILES string of the molecule is Cc1ccc(N(CC(=O)NC(C)(C)Cc2ccccc2)S(C)(=O)=O)cc1C. The van der Waals surface area contributed by atoms with E-state index < -0.39 is 15.6 Å². The van der Waals surface area contributed by atoms with Gasteiger partial charge in [-0.05, 0) is 62.9 Å². The van der Waals surface area contributed by atoms with E-state index in [0.717, 1.165) is 27.3 Å². The zero-order valence-corrected chi connectivity index (χ0v) is 17.4. The average molecular weight is 389 g/mol. The number of nitrogens with zero attached hydrogens (tertiary/aromatic N) is 1. The van der Waals surface area contributed by atoms with Gasteiger partial charge < -0.3 is 5.32 Å². The number of benzene rings is 2. The molecular weight excluding hydrogens is 360 g/mol. The highest BCUT2D eigenvalue weighted by Gasteiger charge is 2.25. The molecule has 1 N–H and O–H groups in total. The molecule has 2 aromatic carbocycles. The van der Waals surface area contributed by atoms with E-state index in [1.165, 1.54) is 0 Å². The van der Waals surface area contributed by atoms with Crippen molar-refractivity contribution in [3.8, 4) is 0 Å². The fourth-order valence-electron chi connectivity index (χ4n) is 2.98. The summed E-state index contributed by atoms with van der Waals surface area (Å²) in [5.41, 5.74) is 3.16. The van der Waals surface area contributed by atoms with Crippen molar-refractivity contribution in [3.05, 3.63) is 65.2 Å². The van der Waals surface area contributed by atoms with E-state index in [9.17, 15) is 13.2 Å². The van der Waals surface area contributed by atoms with Crippen molar-refractivity contribution >= 4 is 21.6 Å². The zero-order chi connectivity index (χ0) is 20.2.